The minimum absolute atomic E-state index is 0.00845. The van der Waals surface area contributed by atoms with Crippen molar-refractivity contribution in [2.24, 2.45) is 0 Å². The number of amides is 3. The topological polar surface area (TPSA) is 131 Å². The molecule has 10 heteroatoms. The van der Waals surface area contributed by atoms with Gasteiger partial charge in [-0.25, -0.2) is 13.2 Å². The largest absolute Gasteiger partial charge is 0.455 e. The first kappa shape index (κ1) is 19.9. The summed E-state index contributed by atoms with van der Waals surface area (Å²) >= 11 is 0. The van der Waals surface area contributed by atoms with Gasteiger partial charge < -0.3 is 10.1 Å². The summed E-state index contributed by atoms with van der Waals surface area (Å²) in [6.45, 7) is -1.30. The van der Waals surface area contributed by atoms with E-state index >= 15 is 0 Å². The number of hydrogen-bond acceptors (Lipinski definition) is 6. The second-order valence-corrected chi connectivity index (χ2v) is 7.57. The summed E-state index contributed by atoms with van der Waals surface area (Å²) in [6.07, 6.45) is 3.82. The van der Waals surface area contributed by atoms with E-state index in [1.165, 1.54) is 12.1 Å². The van der Waals surface area contributed by atoms with Crippen LogP contribution in [0.2, 0.25) is 0 Å². The summed E-state index contributed by atoms with van der Waals surface area (Å²) in [7, 11) is -3.84. The molecule has 0 heterocycles. The molecular formula is C16H21N3O6S. The quantitative estimate of drug-likeness (QED) is 0.580. The van der Waals surface area contributed by atoms with Crippen molar-refractivity contribution < 1.29 is 27.5 Å². The number of hydrogen-bond donors (Lipinski definition) is 3. The van der Waals surface area contributed by atoms with E-state index in [-0.39, 0.29) is 10.9 Å². The van der Waals surface area contributed by atoms with E-state index in [0.717, 1.165) is 25.7 Å². The molecule has 1 aliphatic rings. The van der Waals surface area contributed by atoms with Crippen LogP contribution < -0.4 is 15.4 Å². The molecule has 0 unspecified atom stereocenters. The number of carbonyl (C=O) groups excluding carboxylic acids is 3. The Morgan fingerprint density at radius 3 is 2.38 bits per heavy atom. The van der Waals surface area contributed by atoms with Gasteiger partial charge in [0.2, 0.25) is 10.0 Å². The highest BCUT2D eigenvalue weighted by molar-refractivity contribution is 7.89. The normalized spacial score (nSPS) is 14.6. The standard InChI is InChI=1S/C16H21N3O6S/c20-14(19-16(22)18-12-6-4-5-7-12)11-25-15(21)10-17-26(23,24)13-8-2-1-3-9-13/h1-3,8-9,12,17H,4-7,10-11H2,(H2,18,19,20,22). The lowest BCUT2D eigenvalue weighted by Crippen LogP contribution is -2.45. The molecule has 26 heavy (non-hydrogen) atoms. The highest BCUT2D eigenvalue weighted by atomic mass is 32.2. The van der Waals surface area contributed by atoms with E-state index < -0.39 is 41.1 Å². The van der Waals surface area contributed by atoms with Gasteiger partial charge in [0.1, 0.15) is 6.54 Å². The molecule has 3 N–H and O–H groups in total. The number of nitrogens with one attached hydrogen (secondary N) is 3. The highest BCUT2D eigenvalue weighted by Crippen LogP contribution is 2.17. The third-order valence-corrected chi connectivity index (χ3v) is 5.18. The summed E-state index contributed by atoms with van der Waals surface area (Å²) in [5.74, 6) is -1.73. The summed E-state index contributed by atoms with van der Waals surface area (Å²) in [5.41, 5.74) is 0. The number of benzene rings is 1. The first-order valence-corrected chi connectivity index (χ1v) is 9.66. The van der Waals surface area contributed by atoms with Crippen molar-refractivity contribution in [2.75, 3.05) is 13.2 Å². The van der Waals surface area contributed by atoms with Crippen LogP contribution in [0.3, 0.4) is 0 Å². The SMILES string of the molecule is O=C(COC(=O)CNS(=O)(=O)c1ccccc1)NC(=O)NC1CCCC1. The van der Waals surface area contributed by atoms with Crippen LogP contribution in [0, 0.1) is 0 Å². The van der Waals surface area contributed by atoms with Gasteiger partial charge in [-0.05, 0) is 25.0 Å². The molecule has 2 rings (SSSR count). The Morgan fingerprint density at radius 1 is 1.08 bits per heavy atom. The molecule has 1 aromatic rings. The first-order valence-electron chi connectivity index (χ1n) is 8.17. The molecule has 1 fully saturated rings. The molecule has 3 amide bonds. The molecule has 0 aliphatic heterocycles. The van der Waals surface area contributed by atoms with Crippen molar-refractivity contribution in [3.8, 4) is 0 Å². The number of sulfonamides is 1. The van der Waals surface area contributed by atoms with Crippen LogP contribution in [0.25, 0.3) is 0 Å². The maximum absolute atomic E-state index is 11.9. The molecule has 9 nitrogen and oxygen atoms in total. The number of rotatable bonds is 7. The molecule has 142 valence electrons. The Morgan fingerprint density at radius 2 is 1.73 bits per heavy atom. The molecule has 0 atom stereocenters. The minimum Gasteiger partial charge on any atom is -0.455 e. The van der Waals surface area contributed by atoms with Gasteiger partial charge in [-0.15, -0.1) is 0 Å². The average molecular weight is 383 g/mol. The van der Waals surface area contributed by atoms with Gasteiger partial charge >= 0.3 is 12.0 Å². The second kappa shape index (κ2) is 9.30. The Hall–Kier alpha value is -2.46. The highest BCUT2D eigenvalue weighted by Gasteiger charge is 2.19. The predicted octanol–water partition coefficient (Wildman–Crippen LogP) is 0.276. The predicted molar refractivity (Wildman–Crippen MR) is 91.5 cm³/mol. The van der Waals surface area contributed by atoms with Crippen LogP contribution in [0.1, 0.15) is 25.7 Å². The molecular weight excluding hydrogens is 362 g/mol. The van der Waals surface area contributed by atoms with E-state index in [2.05, 4.69) is 20.1 Å². The smallest absolute Gasteiger partial charge is 0.321 e. The molecule has 1 aromatic carbocycles. The zero-order valence-electron chi connectivity index (χ0n) is 14.1. The Kier molecular flexibility index (Phi) is 7.10. The summed E-state index contributed by atoms with van der Waals surface area (Å²) in [6, 6.07) is 6.94. The van der Waals surface area contributed by atoms with Gasteiger partial charge in [0.25, 0.3) is 5.91 Å². The molecule has 1 saturated carbocycles. The van der Waals surface area contributed by atoms with E-state index in [1.54, 1.807) is 18.2 Å². The van der Waals surface area contributed by atoms with Crippen molar-refractivity contribution in [3.63, 3.8) is 0 Å². The van der Waals surface area contributed by atoms with Gasteiger partial charge in [0.05, 0.1) is 4.90 Å². The van der Waals surface area contributed by atoms with E-state index in [0.29, 0.717) is 0 Å². The Bertz CT molecular complexity index is 745. The summed E-state index contributed by atoms with van der Waals surface area (Å²) in [4.78, 5) is 34.7. The fourth-order valence-electron chi connectivity index (χ4n) is 2.49. The number of urea groups is 1. The first-order chi connectivity index (χ1) is 12.4. The van der Waals surface area contributed by atoms with Crippen molar-refractivity contribution in [3.05, 3.63) is 30.3 Å². The maximum atomic E-state index is 11.9. The lowest BCUT2D eigenvalue weighted by Gasteiger charge is -2.12. The van der Waals surface area contributed by atoms with E-state index in [9.17, 15) is 22.8 Å². The molecule has 1 aliphatic carbocycles. The van der Waals surface area contributed by atoms with E-state index in [4.69, 9.17) is 0 Å². The van der Waals surface area contributed by atoms with Crippen molar-refractivity contribution in [2.45, 2.75) is 36.6 Å². The minimum atomic E-state index is -3.84. The fraction of sp³-hybridized carbons (Fsp3) is 0.438. The van der Waals surface area contributed by atoms with Gasteiger partial charge in [-0.3, -0.25) is 14.9 Å². The van der Waals surface area contributed by atoms with Crippen LogP contribution in [0.5, 0.6) is 0 Å². The van der Waals surface area contributed by atoms with Crippen LogP contribution in [-0.2, 0) is 24.3 Å². The Labute approximate surface area is 151 Å². The Balaban J connectivity index is 1.67. The van der Waals surface area contributed by atoms with Gasteiger partial charge in [-0.1, -0.05) is 31.0 Å². The fourth-order valence-corrected chi connectivity index (χ4v) is 3.48. The number of carbonyl (C=O) groups is 3. The average Bonchev–Trinajstić information content (AvgIpc) is 3.12. The number of esters is 1. The molecule has 0 bridgehead atoms. The monoisotopic (exact) mass is 383 g/mol. The van der Waals surface area contributed by atoms with Crippen molar-refractivity contribution in [1.82, 2.24) is 15.4 Å². The van der Waals surface area contributed by atoms with Crippen molar-refractivity contribution >= 4 is 27.9 Å². The molecule has 0 spiro atoms. The molecule has 0 saturated heterocycles. The van der Waals surface area contributed by atoms with Crippen LogP contribution in [-0.4, -0.2) is 45.5 Å². The van der Waals surface area contributed by atoms with Crippen LogP contribution in [0.4, 0.5) is 4.79 Å². The molecule has 0 aromatic heterocycles. The second-order valence-electron chi connectivity index (χ2n) is 5.80. The van der Waals surface area contributed by atoms with Gasteiger partial charge in [0, 0.05) is 6.04 Å². The van der Waals surface area contributed by atoms with Crippen molar-refractivity contribution in [1.29, 1.82) is 0 Å². The lowest BCUT2D eigenvalue weighted by molar-refractivity contribution is -0.147. The number of imide groups is 1. The van der Waals surface area contributed by atoms with Crippen LogP contribution in [0.15, 0.2) is 35.2 Å². The zero-order chi connectivity index (χ0) is 19.0. The van der Waals surface area contributed by atoms with Crippen LogP contribution >= 0.6 is 0 Å². The maximum Gasteiger partial charge on any atom is 0.321 e. The zero-order valence-corrected chi connectivity index (χ0v) is 14.9. The summed E-state index contributed by atoms with van der Waals surface area (Å²) < 4.78 is 30.6. The van der Waals surface area contributed by atoms with Gasteiger partial charge in [-0.2, -0.15) is 4.72 Å². The van der Waals surface area contributed by atoms with E-state index in [1.807, 2.05) is 0 Å². The summed E-state index contributed by atoms with van der Waals surface area (Å²) in [5, 5.41) is 4.71. The third-order valence-electron chi connectivity index (χ3n) is 3.77. The third kappa shape index (κ3) is 6.45. The lowest BCUT2D eigenvalue weighted by atomic mass is 10.2. The molecule has 0 radical (unpaired) electrons. The van der Waals surface area contributed by atoms with Gasteiger partial charge in [0.15, 0.2) is 6.61 Å². The number of ether oxygens (including phenoxy) is 1.